The van der Waals surface area contributed by atoms with Gasteiger partial charge in [0, 0.05) is 12.0 Å². The van der Waals surface area contributed by atoms with Gasteiger partial charge in [-0.1, -0.05) is 6.58 Å². The van der Waals surface area contributed by atoms with Crippen molar-refractivity contribution in [3.8, 4) is 0 Å². The van der Waals surface area contributed by atoms with E-state index in [-0.39, 0.29) is 0 Å². The Hall–Kier alpha value is -0.830. The zero-order valence-electron chi connectivity index (χ0n) is 7.55. The molecular formula is C8H17N2O+. The van der Waals surface area contributed by atoms with E-state index in [2.05, 4.69) is 27.7 Å². The summed E-state index contributed by atoms with van der Waals surface area (Å²) in [6.45, 7) is 4.46. The number of carbonyl (C=O) groups is 1. The Morgan fingerprint density at radius 2 is 1.91 bits per heavy atom. The van der Waals surface area contributed by atoms with E-state index in [1.54, 1.807) is 0 Å². The maximum absolute atomic E-state index is 10.5. The molecule has 0 heterocycles. The monoisotopic (exact) mass is 157 g/mol. The van der Waals surface area contributed by atoms with E-state index >= 15 is 0 Å². The summed E-state index contributed by atoms with van der Waals surface area (Å²) in [5, 5.41) is 0. The minimum atomic E-state index is -0.390. The van der Waals surface area contributed by atoms with E-state index in [1.807, 2.05) is 0 Å². The van der Waals surface area contributed by atoms with Gasteiger partial charge in [-0.3, -0.25) is 4.79 Å². The molecule has 0 spiro atoms. The molecule has 1 amide bonds. The second kappa shape index (κ2) is 3.53. The summed E-state index contributed by atoms with van der Waals surface area (Å²) in [7, 11) is 6.19. The molecule has 0 atom stereocenters. The molecule has 64 valence electrons. The highest BCUT2D eigenvalue weighted by Crippen LogP contribution is 2.01. The van der Waals surface area contributed by atoms with E-state index in [9.17, 15) is 4.79 Å². The van der Waals surface area contributed by atoms with Gasteiger partial charge in [-0.2, -0.15) is 0 Å². The second-order valence-electron chi connectivity index (χ2n) is 3.73. The number of amides is 1. The molecule has 11 heavy (non-hydrogen) atoms. The first-order valence-corrected chi connectivity index (χ1v) is 3.61. The second-order valence-corrected chi connectivity index (χ2v) is 3.73. The van der Waals surface area contributed by atoms with E-state index in [0.29, 0.717) is 12.0 Å². The van der Waals surface area contributed by atoms with Gasteiger partial charge >= 0.3 is 0 Å². The van der Waals surface area contributed by atoms with Crippen LogP contribution in [0.3, 0.4) is 0 Å². The first kappa shape index (κ1) is 10.2. The molecule has 3 nitrogen and oxygen atoms in total. The van der Waals surface area contributed by atoms with Crippen molar-refractivity contribution in [1.82, 2.24) is 0 Å². The Kier molecular flexibility index (Phi) is 3.26. The van der Waals surface area contributed by atoms with Crippen molar-refractivity contribution in [2.24, 2.45) is 5.73 Å². The summed E-state index contributed by atoms with van der Waals surface area (Å²) in [5.41, 5.74) is 5.53. The van der Waals surface area contributed by atoms with Crippen LogP contribution in [-0.4, -0.2) is 38.1 Å². The molecule has 2 N–H and O–H groups in total. The highest BCUT2D eigenvalue weighted by atomic mass is 16.1. The summed E-state index contributed by atoms with van der Waals surface area (Å²) in [6.07, 6.45) is 0.679. The molecule has 0 aliphatic rings. The van der Waals surface area contributed by atoms with Crippen molar-refractivity contribution < 1.29 is 9.28 Å². The average molecular weight is 157 g/mol. The van der Waals surface area contributed by atoms with Crippen LogP contribution < -0.4 is 5.73 Å². The third-order valence-electron chi connectivity index (χ3n) is 1.43. The maximum atomic E-state index is 10.5. The summed E-state index contributed by atoms with van der Waals surface area (Å²) in [5.74, 6) is -0.390. The zero-order valence-corrected chi connectivity index (χ0v) is 7.55. The molecule has 0 bridgehead atoms. The number of nitrogens with zero attached hydrogens (tertiary/aromatic N) is 1. The predicted octanol–water partition coefficient (Wildman–Crippen LogP) is 0.124. The third kappa shape index (κ3) is 5.61. The molecule has 0 aliphatic carbocycles. The van der Waals surface area contributed by atoms with Crippen LogP contribution in [0.1, 0.15) is 6.42 Å². The molecule has 0 aromatic heterocycles. The zero-order chi connectivity index (χ0) is 9.07. The molecule has 0 aromatic carbocycles. The van der Waals surface area contributed by atoms with Gasteiger partial charge in [0.15, 0.2) is 0 Å². The van der Waals surface area contributed by atoms with Crippen LogP contribution in [0.25, 0.3) is 0 Å². The smallest absolute Gasteiger partial charge is 0.244 e. The number of rotatable bonds is 4. The summed E-state index contributed by atoms with van der Waals surface area (Å²) >= 11 is 0. The van der Waals surface area contributed by atoms with Gasteiger partial charge < -0.3 is 10.2 Å². The van der Waals surface area contributed by atoms with Gasteiger partial charge in [-0.05, 0) is 0 Å². The first-order valence-electron chi connectivity index (χ1n) is 3.61. The molecule has 0 radical (unpaired) electrons. The van der Waals surface area contributed by atoms with Gasteiger partial charge in [0.25, 0.3) is 0 Å². The Labute approximate surface area is 68.1 Å². The highest BCUT2D eigenvalue weighted by molar-refractivity contribution is 5.91. The summed E-state index contributed by atoms with van der Waals surface area (Å²) in [6, 6.07) is 0. The van der Waals surface area contributed by atoms with Crippen LogP contribution in [-0.2, 0) is 4.79 Å². The van der Waals surface area contributed by atoms with Crippen molar-refractivity contribution in [3.05, 3.63) is 12.2 Å². The van der Waals surface area contributed by atoms with Crippen LogP contribution in [0.4, 0.5) is 0 Å². The third-order valence-corrected chi connectivity index (χ3v) is 1.43. The lowest BCUT2D eigenvalue weighted by atomic mass is 10.2. The van der Waals surface area contributed by atoms with Crippen molar-refractivity contribution in [1.29, 1.82) is 0 Å². The minimum absolute atomic E-state index is 0.390. The topological polar surface area (TPSA) is 43.1 Å². The van der Waals surface area contributed by atoms with Gasteiger partial charge in [-0.15, -0.1) is 0 Å². The van der Waals surface area contributed by atoms with Crippen molar-refractivity contribution in [2.75, 3.05) is 27.7 Å². The molecule has 0 saturated heterocycles. The van der Waals surface area contributed by atoms with Crippen molar-refractivity contribution in [3.63, 3.8) is 0 Å². The van der Waals surface area contributed by atoms with Crippen LogP contribution in [0.15, 0.2) is 12.2 Å². The lowest BCUT2D eigenvalue weighted by molar-refractivity contribution is -0.870. The van der Waals surface area contributed by atoms with Gasteiger partial charge in [0.2, 0.25) is 5.91 Å². The number of quaternary nitrogens is 1. The quantitative estimate of drug-likeness (QED) is 0.457. The predicted molar refractivity (Wildman–Crippen MR) is 45.9 cm³/mol. The highest BCUT2D eigenvalue weighted by Gasteiger charge is 2.09. The van der Waals surface area contributed by atoms with Gasteiger partial charge in [0.05, 0.1) is 27.7 Å². The Balaban J connectivity index is 3.73. The van der Waals surface area contributed by atoms with Gasteiger partial charge in [0.1, 0.15) is 0 Å². The standard InChI is InChI=1S/C8H16N2O/c1-7(8(9)11)5-6-10(2,3)4/h1,5-6H2,2-4H3,(H-,9,11)/p+1. The lowest BCUT2D eigenvalue weighted by Gasteiger charge is -2.23. The number of carbonyl (C=O) groups excluding carboxylic acids is 1. The number of hydrogen-bond donors (Lipinski definition) is 1. The molecule has 0 unspecified atom stereocenters. The van der Waals surface area contributed by atoms with Gasteiger partial charge in [-0.25, -0.2) is 0 Å². The summed E-state index contributed by atoms with van der Waals surface area (Å²) in [4.78, 5) is 10.5. The Bertz CT molecular complexity index is 167. The Morgan fingerprint density at radius 1 is 1.45 bits per heavy atom. The van der Waals surface area contributed by atoms with Crippen LogP contribution >= 0.6 is 0 Å². The fraction of sp³-hybridized carbons (Fsp3) is 0.625. The van der Waals surface area contributed by atoms with Crippen molar-refractivity contribution in [2.45, 2.75) is 6.42 Å². The Morgan fingerprint density at radius 3 is 2.18 bits per heavy atom. The molecule has 0 rings (SSSR count). The first-order chi connectivity index (χ1) is 4.83. The average Bonchev–Trinajstić information content (AvgIpc) is 1.80. The van der Waals surface area contributed by atoms with Crippen LogP contribution in [0.2, 0.25) is 0 Å². The fourth-order valence-electron chi connectivity index (χ4n) is 0.594. The largest absolute Gasteiger partial charge is 0.366 e. The molecule has 0 fully saturated rings. The number of hydrogen-bond acceptors (Lipinski definition) is 1. The summed E-state index contributed by atoms with van der Waals surface area (Å²) < 4.78 is 0.826. The van der Waals surface area contributed by atoms with Crippen LogP contribution in [0, 0.1) is 0 Å². The van der Waals surface area contributed by atoms with E-state index in [4.69, 9.17) is 5.73 Å². The molecule has 3 heteroatoms. The maximum Gasteiger partial charge on any atom is 0.244 e. The normalized spacial score (nSPS) is 11.2. The van der Waals surface area contributed by atoms with E-state index < -0.39 is 5.91 Å². The SMILES string of the molecule is C=C(CC[N+](C)(C)C)C(N)=O. The molecular weight excluding hydrogens is 140 g/mol. The minimum Gasteiger partial charge on any atom is -0.366 e. The lowest BCUT2D eigenvalue weighted by Crippen LogP contribution is -2.36. The molecule has 0 aromatic rings. The van der Waals surface area contributed by atoms with Crippen molar-refractivity contribution >= 4 is 5.91 Å². The number of primary amides is 1. The van der Waals surface area contributed by atoms with E-state index in [0.717, 1.165) is 11.0 Å². The van der Waals surface area contributed by atoms with Crippen LogP contribution in [0.5, 0.6) is 0 Å². The fourth-order valence-corrected chi connectivity index (χ4v) is 0.594. The molecule has 0 aliphatic heterocycles. The number of nitrogens with two attached hydrogens (primary N) is 1. The molecule has 0 saturated carbocycles. The van der Waals surface area contributed by atoms with E-state index in [1.165, 1.54) is 0 Å².